The molecule has 1 aromatic carbocycles. The number of allylic oxidation sites excluding steroid dienone is 1. The van der Waals surface area contributed by atoms with E-state index in [2.05, 4.69) is 21.4 Å². The Labute approximate surface area is 321 Å². The number of rotatable bonds is 6. The third-order valence-corrected chi connectivity index (χ3v) is 14.4. The first kappa shape index (κ1) is 37.7. The molecule has 5 amide bonds. The maximum absolute atomic E-state index is 14.5. The standard InChI is InChI=1S/C39H51N5O10S/c45-33-32-19-28(54-37(49)43-21-25-9-6-7-11-30(25)38(24-43)16-8-17-38)22-44(32)34(46)31(40-36(48)53-27-15-18-52-23-27)12-5-3-1-2-4-10-26-20-39(26,41-33)35(47)42-55(50,51)29-13-14-29/h4,6-7,9-11,26-29,31-32H,1-3,5,8,12-24H2,(H,40,48)(H,41,45)(H,42,47)/b10-4-/t26-,27+,28+,31-,32-,39+/m0/s1. The van der Waals surface area contributed by atoms with Gasteiger partial charge in [0, 0.05) is 37.3 Å². The van der Waals surface area contributed by atoms with Crippen molar-refractivity contribution in [2.75, 3.05) is 26.3 Å². The van der Waals surface area contributed by atoms with Crippen molar-refractivity contribution in [3.63, 3.8) is 0 Å². The topological polar surface area (TPSA) is 190 Å². The summed E-state index contributed by atoms with van der Waals surface area (Å²) in [5.41, 5.74) is 0.700. The van der Waals surface area contributed by atoms with Crippen molar-refractivity contribution in [2.24, 2.45) is 5.92 Å². The number of sulfonamides is 1. The summed E-state index contributed by atoms with van der Waals surface area (Å²) in [7, 11) is -3.90. The number of ether oxygens (including phenoxy) is 3. The molecule has 7 aliphatic rings. The molecule has 1 aromatic rings. The summed E-state index contributed by atoms with van der Waals surface area (Å²) in [6.45, 7) is 1.52. The highest BCUT2D eigenvalue weighted by atomic mass is 32.2. The Morgan fingerprint density at radius 3 is 2.53 bits per heavy atom. The van der Waals surface area contributed by atoms with Crippen LogP contribution in [0.5, 0.6) is 0 Å². The zero-order valence-electron chi connectivity index (χ0n) is 31.0. The Kier molecular flexibility index (Phi) is 10.3. The lowest BCUT2D eigenvalue weighted by Crippen LogP contribution is -2.58. The molecule has 298 valence electrons. The number of alkyl carbamates (subject to hydrolysis) is 1. The predicted octanol–water partition coefficient (Wildman–Crippen LogP) is 2.92. The molecule has 1 spiro atoms. The van der Waals surface area contributed by atoms with Gasteiger partial charge in [-0.2, -0.15) is 0 Å². The van der Waals surface area contributed by atoms with E-state index in [0.717, 1.165) is 37.7 Å². The van der Waals surface area contributed by atoms with Crippen molar-refractivity contribution in [2.45, 2.75) is 131 Å². The number of amides is 5. The van der Waals surface area contributed by atoms with Gasteiger partial charge in [-0.1, -0.05) is 55.7 Å². The van der Waals surface area contributed by atoms with Crippen LogP contribution < -0.4 is 15.4 Å². The van der Waals surface area contributed by atoms with Crippen molar-refractivity contribution in [1.29, 1.82) is 0 Å². The zero-order chi connectivity index (χ0) is 38.4. The highest BCUT2D eigenvalue weighted by Crippen LogP contribution is 2.49. The van der Waals surface area contributed by atoms with Crippen LogP contribution in [0.25, 0.3) is 0 Å². The molecule has 3 N–H and O–H groups in total. The Morgan fingerprint density at radius 2 is 1.78 bits per heavy atom. The van der Waals surface area contributed by atoms with E-state index >= 15 is 0 Å². The smallest absolute Gasteiger partial charge is 0.410 e. The van der Waals surface area contributed by atoms with Crippen LogP contribution in [0.15, 0.2) is 36.4 Å². The van der Waals surface area contributed by atoms with Crippen LogP contribution in [0.4, 0.5) is 9.59 Å². The second-order valence-electron chi connectivity index (χ2n) is 16.5. The Balaban J connectivity index is 1.04. The van der Waals surface area contributed by atoms with Gasteiger partial charge in [-0.3, -0.25) is 19.1 Å². The lowest BCUT2D eigenvalue weighted by Gasteiger charge is -2.49. The van der Waals surface area contributed by atoms with E-state index in [9.17, 15) is 32.4 Å². The van der Waals surface area contributed by atoms with Crippen molar-refractivity contribution in [1.82, 2.24) is 25.2 Å². The van der Waals surface area contributed by atoms with Gasteiger partial charge in [-0.25, -0.2) is 18.0 Å². The molecular formula is C39H51N5O10S. The quantitative estimate of drug-likeness (QED) is 0.362. The molecule has 3 saturated carbocycles. The normalized spacial score (nSPS) is 32.3. The van der Waals surface area contributed by atoms with Crippen molar-refractivity contribution in [3.05, 3.63) is 47.5 Å². The predicted molar refractivity (Wildman–Crippen MR) is 197 cm³/mol. The van der Waals surface area contributed by atoms with Crippen LogP contribution in [0.2, 0.25) is 0 Å². The summed E-state index contributed by atoms with van der Waals surface area (Å²) in [6.07, 6.45) is 8.94. The number of hydrogen-bond donors (Lipinski definition) is 3. The highest BCUT2D eigenvalue weighted by molar-refractivity contribution is 7.91. The minimum Gasteiger partial charge on any atom is -0.444 e. The maximum atomic E-state index is 14.5. The van der Waals surface area contributed by atoms with Crippen LogP contribution >= 0.6 is 0 Å². The number of fused-ring (bicyclic) bond motifs is 4. The van der Waals surface area contributed by atoms with Gasteiger partial charge in [-0.15, -0.1) is 0 Å². The lowest BCUT2D eigenvalue weighted by atomic mass is 9.61. The van der Waals surface area contributed by atoms with Crippen LogP contribution in [-0.4, -0.2) is 110 Å². The summed E-state index contributed by atoms with van der Waals surface area (Å²) >= 11 is 0. The highest BCUT2D eigenvalue weighted by Gasteiger charge is 2.62. The second-order valence-corrected chi connectivity index (χ2v) is 18.5. The zero-order valence-corrected chi connectivity index (χ0v) is 31.9. The SMILES string of the molecule is O=C(N[C@H]1CCCCC/C=C\[C@H]2C[C@@]2(C(=O)NS(=O)(=O)C2CC2)NC(=O)[C@@H]2C[C@@H](OC(=O)N3Cc4ccccc4C4(CCC4)C3)CN2C1=O)O[C@@H]1CCOC1. The molecule has 8 rings (SSSR count). The van der Waals surface area contributed by atoms with Crippen LogP contribution in [-0.2, 0) is 50.6 Å². The average Bonchev–Trinajstić information content (AvgIpc) is 4.02. The molecule has 5 fully saturated rings. The fraction of sp³-hybridized carbons (Fsp3) is 0.667. The molecule has 4 aliphatic heterocycles. The van der Waals surface area contributed by atoms with Gasteiger partial charge < -0.3 is 34.6 Å². The lowest BCUT2D eigenvalue weighted by molar-refractivity contribution is -0.141. The van der Waals surface area contributed by atoms with Gasteiger partial charge in [0.1, 0.15) is 29.8 Å². The minimum absolute atomic E-state index is 0.0476. The molecule has 55 heavy (non-hydrogen) atoms. The number of nitrogens with zero attached hydrogens (tertiary/aromatic N) is 2. The molecule has 15 nitrogen and oxygen atoms in total. The first-order chi connectivity index (χ1) is 26.5. The van der Waals surface area contributed by atoms with E-state index in [0.29, 0.717) is 51.8 Å². The molecule has 0 aromatic heterocycles. The van der Waals surface area contributed by atoms with Crippen LogP contribution in [0.1, 0.15) is 94.6 Å². The van der Waals surface area contributed by atoms with Gasteiger partial charge in [0.15, 0.2) is 0 Å². The van der Waals surface area contributed by atoms with E-state index in [1.165, 1.54) is 10.5 Å². The number of benzene rings is 1. The van der Waals surface area contributed by atoms with Crippen molar-refractivity contribution >= 4 is 39.9 Å². The number of nitrogens with one attached hydrogen (secondary N) is 3. The second kappa shape index (κ2) is 15.1. The van der Waals surface area contributed by atoms with E-state index < -0.39 is 80.9 Å². The summed E-state index contributed by atoms with van der Waals surface area (Å²) in [4.78, 5) is 72.5. The fourth-order valence-corrected chi connectivity index (χ4v) is 10.4. The molecule has 3 aliphatic carbocycles. The van der Waals surface area contributed by atoms with Crippen molar-refractivity contribution in [3.8, 4) is 0 Å². The molecule has 0 radical (unpaired) electrons. The summed E-state index contributed by atoms with van der Waals surface area (Å²) in [6, 6.07) is 5.95. The molecule has 0 bridgehead atoms. The van der Waals surface area contributed by atoms with Gasteiger partial charge in [0.05, 0.1) is 25.0 Å². The van der Waals surface area contributed by atoms with Crippen LogP contribution in [0, 0.1) is 5.92 Å². The van der Waals surface area contributed by atoms with Crippen LogP contribution in [0.3, 0.4) is 0 Å². The van der Waals surface area contributed by atoms with Gasteiger partial charge in [0.25, 0.3) is 5.91 Å². The van der Waals surface area contributed by atoms with E-state index in [1.807, 2.05) is 30.4 Å². The molecule has 0 unspecified atom stereocenters. The Hall–Kier alpha value is -4.18. The molecule has 2 saturated heterocycles. The Bertz CT molecular complexity index is 1840. The first-order valence-corrected chi connectivity index (χ1v) is 21.5. The van der Waals surface area contributed by atoms with E-state index in [-0.39, 0.29) is 37.8 Å². The number of carbonyl (C=O) groups excluding carboxylic acids is 5. The maximum Gasteiger partial charge on any atom is 0.410 e. The third-order valence-electron chi connectivity index (χ3n) is 12.6. The van der Waals surface area contributed by atoms with Gasteiger partial charge in [0.2, 0.25) is 21.8 Å². The molecular weight excluding hydrogens is 731 g/mol. The molecule has 4 heterocycles. The number of carbonyl (C=O) groups is 5. The fourth-order valence-electron chi connectivity index (χ4n) is 9.05. The first-order valence-electron chi connectivity index (χ1n) is 19.9. The Morgan fingerprint density at radius 1 is 0.964 bits per heavy atom. The van der Waals surface area contributed by atoms with E-state index in [4.69, 9.17) is 14.2 Å². The minimum atomic E-state index is -3.90. The third kappa shape index (κ3) is 7.80. The number of hydrogen-bond acceptors (Lipinski definition) is 10. The summed E-state index contributed by atoms with van der Waals surface area (Å²) in [5, 5.41) is 4.95. The summed E-state index contributed by atoms with van der Waals surface area (Å²) < 4.78 is 44.8. The largest absolute Gasteiger partial charge is 0.444 e. The van der Waals surface area contributed by atoms with E-state index in [1.54, 1.807) is 4.90 Å². The molecule has 6 atom stereocenters. The average molecular weight is 782 g/mol. The van der Waals surface area contributed by atoms with Crippen molar-refractivity contribution < 1.29 is 46.6 Å². The monoisotopic (exact) mass is 781 g/mol. The van der Waals surface area contributed by atoms with Gasteiger partial charge >= 0.3 is 12.2 Å². The van der Waals surface area contributed by atoms with Gasteiger partial charge in [-0.05, 0) is 62.5 Å². The summed E-state index contributed by atoms with van der Waals surface area (Å²) in [5.74, 6) is -2.45. The molecule has 16 heteroatoms.